The fraction of sp³-hybridized carbons (Fsp3) is 0.524. The molecule has 1 unspecified atom stereocenters. The van der Waals surface area contributed by atoms with Gasteiger partial charge in [0.2, 0.25) is 5.88 Å². The Labute approximate surface area is 175 Å². The van der Waals surface area contributed by atoms with Gasteiger partial charge in [0.15, 0.2) is 0 Å². The second-order valence-corrected chi connectivity index (χ2v) is 7.80. The predicted molar refractivity (Wildman–Crippen MR) is 109 cm³/mol. The van der Waals surface area contributed by atoms with Crippen molar-refractivity contribution in [2.45, 2.75) is 58.2 Å². The first-order valence-corrected chi connectivity index (χ1v) is 9.70. The van der Waals surface area contributed by atoms with Gasteiger partial charge in [-0.3, -0.25) is 18.7 Å². The normalized spacial score (nSPS) is 12.3. The van der Waals surface area contributed by atoms with Crippen LogP contribution < -0.4 is 10.4 Å². The van der Waals surface area contributed by atoms with E-state index in [1.54, 1.807) is 51.5 Å². The van der Waals surface area contributed by atoms with Gasteiger partial charge in [0, 0.05) is 37.6 Å². The Balaban J connectivity index is 2.28. The SMILES string of the molecule is COC(=O)CCCn1ccn(C(CC(=O)OC(C)(C)C)c2ccc(OC)nc2)c1=O. The van der Waals surface area contributed by atoms with E-state index in [4.69, 9.17) is 9.47 Å². The fourth-order valence-electron chi connectivity index (χ4n) is 2.96. The van der Waals surface area contributed by atoms with Gasteiger partial charge in [0.05, 0.1) is 26.7 Å². The van der Waals surface area contributed by atoms with E-state index in [1.165, 1.54) is 23.4 Å². The van der Waals surface area contributed by atoms with Crippen molar-refractivity contribution < 1.29 is 23.8 Å². The highest BCUT2D eigenvalue weighted by Crippen LogP contribution is 2.23. The van der Waals surface area contributed by atoms with Crippen LogP contribution >= 0.6 is 0 Å². The van der Waals surface area contributed by atoms with Crippen LogP contribution in [0.5, 0.6) is 5.88 Å². The molecule has 0 bridgehead atoms. The largest absolute Gasteiger partial charge is 0.481 e. The lowest BCUT2D eigenvalue weighted by molar-refractivity contribution is -0.155. The van der Waals surface area contributed by atoms with Gasteiger partial charge in [-0.2, -0.15) is 0 Å². The first kappa shape index (κ1) is 23.2. The van der Waals surface area contributed by atoms with Crippen LogP contribution in [0, 0.1) is 0 Å². The van der Waals surface area contributed by atoms with Crippen LogP contribution in [-0.2, 0) is 25.6 Å². The number of hydrogen-bond acceptors (Lipinski definition) is 7. The predicted octanol–water partition coefficient (Wildman–Crippen LogP) is 2.33. The van der Waals surface area contributed by atoms with E-state index in [0.717, 1.165) is 0 Å². The molecule has 0 N–H and O–H groups in total. The molecule has 0 amide bonds. The summed E-state index contributed by atoms with van der Waals surface area (Å²) >= 11 is 0. The molecule has 0 aromatic carbocycles. The van der Waals surface area contributed by atoms with Gasteiger partial charge in [-0.25, -0.2) is 9.78 Å². The molecule has 2 aromatic rings. The maximum atomic E-state index is 12.9. The molecule has 1 atom stereocenters. The van der Waals surface area contributed by atoms with Crippen molar-refractivity contribution in [1.29, 1.82) is 0 Å². The van der Waals surface area contributed by atoms with E-state index in [2.05, 4.69) is 9.72 Å². The Morgan fingerprint density at radius 1 is 1.13 bits per heavy atom. The summed E-state index contributed by atoms with van der Waals surface area (Å²) in [7, 11) is 2.84. The van der Waals surface area contributed by atoms with Crippen LogP contribution in [0.4, 0.5) is 0 Å². The van der Waals surface area contributed by atoms with E-state index in [-0.39, 0.29) is 24.5 Å². The maximum Gasteiger partial charge on any atom is 0.328 e. The van der Waals surface area contributed by atoms with Gasteiger partial charge in [-0.1, -0.05) is 6.07 Å². The molecule has 0 fully saturated rings. The zero-order valence-electron chi connectivity index (χ0n) is 18.1. The quantitative estimate of drug-likeness (QED) is 0.575. The molecular formula is C21H29N3O6. The molecule has 164 valence electrons. The summed E-state index contributed by atoms with van der Waals surface area (Å²) in [6, 6.07) is 2.85. The Morgan fingerprint density at radius 2 is 1.87 bits per heavy atom. The first-order chi connectivity index (χ1) is 14.1. The summed E-state index contributed by atoms with van der Waals surface area (Å²) in [5.41, 5.74) is -0.245. The van der Waals surface area contributed by atoms with E-state index in [1.807, 2.05) is 0 Å². The highest BCUT2D eigenvalue weighted by molar-refractivity contribution is 5.71. The molecule has 9 nitrogen and oxygen atoms in total. The summed E-state index contributed by atoms with van der Waals surface area (Å²) < 4.78 is 18.1. The number of aryl methyl sites for hydroxylation is 1. The molecular weight excluding hydrogens is 390 g/mol. The van der Waals surface area contributed by atoms with Crippen molar-refractivity contribution >= 4 is 11.9 Å². The van der Waals surface area contributed by atoms with Gasteiger partial charge < -0.3 is 14.2 Å². The monoisotopic (exact) mass is 419 g/mol. The van der Waals surface area contributed by atoms with Gasteiger partial charge >= 0.3 is 17.6 Å². The molecule has 9 heteroatoms. The van der Waals surface area contributed by atoms with Gasteiger partial charge in [-0.05, 0) is 32.8 Å². The summed E-state index contributed by atoms with van der Waals surface area (Å²) in [5, 5.41) is 0. The molecule has 2 rings (SSSR count). The van der Waals surface area contributed by atoms with Crippen molar-refractivity contribution in [3.05, 3.63) is 46.8 Å². The van der Waals surface area contributed by atoms with Crippen molar-refractivity contribution in [3.8, 4) is 5.88 Å². The standard InChI is InChI=1S/C21H29N3O6/c1-21(2,3)30-19(26)13-16(15-8-9-17(28-4)22-14-15)24-12-11-23(20(24)27)10-6-7-18(25)29-5/h8-9,11-12,14,16H,6-7,10,13H2,1-5H3. The molecule has 0 saturated heterocycles. The lowest BCUT2D eigenvalue weighted by atomic mass is 10.1. The van der Waals surface area contributed by atoms with Crippen LogP contribution in [-0.4, -0.2) is 45.9 Å². The van der Waals surface area contributed by atoms with E-state index >= 15 is 0 Å². The number of carbonyl (C=O) groups is 2. The molecule has 0 aliphatic heterocycles. The number of ether oxygens (including phenoxy) is 3. The molecule has 0 spiro atoms. The van der Waals surface area contributed by atoms with Crippen molar-refractivity contribution in [2.75, 3.05) is 14.2 Å². The highest BCUT2D eigenvalue weighted by Gasteiger charge is 2.25. The molecule has 0 aliphatic rings. The number of aromatic nitrogens is 3. The minimum Gasteiger partial charge on any atom is -0.481 e. The van der Waals surface area contributed by atoms with Crippen LogP contribution in [0.1, 0.15) is 51.6 Å². The van der Waals surface area contributed by atoms with Gasteiger partial charge in [-0.15, -0.1) is 0 Å². The number of methoxy groups -OCH3 is 2. The Hall–Kier alpha value is -3.10. The highest BCUT2D eigenvalue weighted by atomic mass is 16.6. The smallest absolute Gasteiger partial charge is 0.328 e. The number of pyridine rings is 1. The Kier molecular flexibility index (Phi) is 7.79. The topological polar surface area (TPSA) is 102 Å². The van der Waals surface area contributed by atoms with Gasteiger partial charge in [0.25, 0.3) is 0 Å². The zero-order valence-corrected chi connectivity index (χ0v) is 18.1. The first-order valence-electron chi connectivity index (χ1n) is 9.70. The Morgan fingerprint density at radius 3 is 2.43 bits per heavy atom. The summed E-state index contributed by atoms with van der Waals surface area (Å²) in [6.45, 7) is 5.73. The van der Waals surface area contributed by atoms with Crippen LogP contribution in [0.2, 0.25) is 0 Å². The van der Waals surface area contributed by atoms with Crippen molar-refractivity contribution in [2.24, 2.45) is 0 Å². The maximum absolute atomic E-state index is 12.9. The molecule has 2 aromatic heterocycles. The third kappa shape index (κ3) is 6.47. The second kappa shape index (κ2) is 10.1. The number of nitrogens with zero attached hydrogens (tertiary/aromatic N) is 3. The minimum atomic E-state index is -0.634. The number of rotatable bonds is 9. The van der Waals surface area contributed by atoms with Crippen molar-refractivity contribution in [1.82, 2.24) is 14.1 Å². The second-order valence-electron chi connectivity index (χ2n) is 7.80. The van der Waals surface area contributed by atoms with Crippen molar-refractivity contribution in [3.63, 3.8) is 0 Å². The third-order valence-corrected chi connectivity index (χ3v) is 4.35. The lowest BCUT2D eigenvalue weighted by Crippen LogP contribution is -2.31. The van der Waals surface area contributed by atoms with E-state index in [9.17, 15) is 14.4 Å². The zero-order chi connectivity index (χ0) is 22.3. The molecule has 0 radical (unpaired) electrons. The minimum absolute atomic E-state index is 0.0304. The fourth-order valence-corrected chi connectivity index (χ4v) is 2.96. The summed E-state index contributed by atoms with van der Waals surface area (Å²) in [6.07, 6.45) is 5.50. The molecule has 0 saturated carbocycles. The molecule has 0 aliphatic carbocycles. The number of imidazole rings is 1. The van der Waals surface area contributed by atoms with Crippen LogP contribution in [0.25, 0.3) is 0 Å². The number of esters is 2. The Bertz CT molecular complexity index is 908. The van der Waals surface area contributed by atoms with E-state index in [0.29, 0.717) is 24.4 Å². The number of hydrogen-bond donors (Lipinski definition) is 0. The average molecular weight is 419 g/mol. The summed E-state index contributed by atoms with van der Waals surface area (Å²) in [5.74, 6) is -0.314. The van der Waals surface area contributed by atoms with Gasteiger partial charge in [0.1, 0.15) is 5.60 Å². The molecule has 2 heterocycles. The van der Waals surface area contributed by atoms with Crippen LogP contribution in [0.15, 0.2) is 35.5 Å². The number of carbonyl (C=O) groups excluding carboxylic acids is 2. The summed E-state index contributed by atoms with van der Waals surface area (Å²) in [4.78, 5) is 40.9. The average Bonchev–Trinajstić information content (AvgIpc) is 3.05. The molecule has 30 heavy (non-hydrogen) atoms. The van der Waals surface area contributed by atoms with Crippen LogP contribution in [0.3, 0.4) is 0 Å². The third-order valence-electron chi connectivity index (χ3n) is 4.35. The lowest BCUT2D eigenvalue weighted by Gasteiger charge is -2.23. The van der Waals surface area contributed by atoms with E-state index < -0.39 is 17.6 Å².